The maximum absolute atomic E-state index is 12.4. The number of rotatable bonds is 7. The van der Waals surface area contributed by atoms with Crippen molar-refractivity contribution in [3.63, 3.8) is 0 Å². The summed E-state index contributed by atoms with van der Waals surface area (Å²) in [5.74, 6) is -0.206. The minimum Gasteiger partial charge on any atom is -0.423 e. The Morgan fingerprint density at radius 1 is 0.935 bits per heavy atom. The Hall–Kier alpha value is -4.06. The second kappa shape index (κ2) is 9.63. The largest absolute Gasteiger partial charge is 0.423 e. The number of nitro benzene ring substituents is 1. The van der Waals surface area contributed by atoms with Gasteiger partial charge in [0.25, 0.3) is 5.69 Å². The molecule has 0 N–H and O–H groups in total. The van der Waals surface area contributed by atoms with Crippen LogP contribution in [-0.2, 0) is 0 Å². The molecule has 0 aromatic heterocycles. The molecule has 6 nitrogen and oxygen atoms in total. The van der Waals surface area contributed by atoms with E-state index in [0.717, 1.165) is 11.6 Å². The lowest BCUT2D eigenvalue weighted by molar-refractivity contribution is -0.384. The highest BCUT2D eigenvalue weighted by molar-refractivity contribution is 6.06. The maximum atomic E-state index is 12.4. The van der Waals surface area contributed by atoms with Crippen molar-refractivity contribution in [3.8, 4) is 5.75 Å². The molecular weight excluding hydrogens is 394 g/mol. The first-order valence-electron chi connectivity index (χ1n) is 9.72. The Morgan fingerprint density at radius 3 is 2.23 bits per heavy atom. The number of hydrogen-bond donors (Lipinski definition) is 0. The molecule has 3 aromatic carbocycles. The van der Waals surface area contributed by atoms with E-state index >= 15 is 0 Å². The van der Waals surface area contributed by atoms with E-state index in [-0.39, 0.29) is 22.8 Å². The molecular formula is C25H21NO5. The van der Waals surface area contributed by atoms with Crippen LogP contribution in [0.5, 0.6) is 5.75 Å². The number of non-ortho nitro benzene ring substituents is 1. The fraction of sp³-hybridized carbons (Fsp3) is 0.120. The van der Waals surface area contributed by atoms with Gasteiger partial charge in [0, 0.05) is 17.7 Å². The van der Waals surface area contributed by atoms with Crippen molar-refractivity contribution in [1.82, 2.24) is 0 Å². The second-order valence-corrected chi connectivity index (χ2v) is 7.24. The zero-order valence-corrected chi connectivity index (χ0v) is 17.1. The van der Waals surface area contributed by atoms with E-state index in [4.69, 9.17) is 4.74 Å². The quantitative estimate of drug-likeness (QED) is 0.121. The average Bonchev–Trinajstić information content (AvgIpc) is 2.78. The molecule has 0 saturated carbocycles. The number of carbonyl (C=O) groups is 2. The number of ketones is 1. The number of ether oxygens (including phenoxy) is 1. The first kappa shape index (κ1) is 21.6. The molecule has 0 aliphatic heterocycles. The summed E-state index contributed by atoms with van der Waals surface area (Å²) < 4.78 is 5.24. The van der Waals surface area contributed by atoms with Crippen LogP contribution in [0.15, 0.2) is 78.9 Å². The van der Waals surface area contributed by atoms with Gasteiger partial charge in [-0.3, -0.25) is 14.9 Å². The fourth-order valence-corrected chi connectivity index (χ4v) is 2.86. The van der Waals surface area contributed by atoms with E-state index in [2.05, 4.69) is 13.8 Å². The van der Waals surface area contributed by atoms with Gasteiger partial charge in [0.1, 0.15) is 5.75 Å². The van der Waals surface area contributed by atoms with E-state index in [1.807, 2.05) is 24.3 Å². The van der Waals surface area contributed by atoms with Gasteiger partial charge in [-0.2, -0.15) is 0 Å². The number of esters is 1. The monoisotopic (exact) mass is 415 g/mol. The van der Waals surface area contributed by atoms with Crippen LogP contribution in [0.2, 0.25) is 0 Å². The van der Waals surface area contributed by atoms with Gasteiger partial charge in [0.05, 0.1) is 10.5 Å². The highest BCUT2D eigenvalue weighted by atomic mass is 16.6. The topological polar surface area (TPSA) is 86.5 Å². The zero-order valence-electron chi connectivity index (χ0n) is 17.1. The van der Waals surface area contributed by atoms with E-state index < -0.39 is 10.9 Å². The minimum absolute atomic E-state index is 0.0702. The Kier molecular flexibility index (Phi) is 6.72. The van der Waals surface area contributed by atoms with Crippen molar-refractivity contribution < 1.29 is 19.2 Å². The molecule has 0 spiro atoms. The van der Waals surface area contributed by atoms with E-state index in [1.165, 1.54) is 42.0 Å². The van der Waals surface area contributed by atoms with Crippen molar-refractivity contribution in [2.75, 3.05) is 0 Å². The third-order valence-corrected chi connectivity index (χ3v) is 4.67. The Labute approximate surface area is 180 Å². The summed E-state index contributed by atoms with van der Waals surface area (Å²) in [6.45, 7) is 4.25. The molecule has 3 aromatic rings. The van der Waals surface area contributed by atoms with E-state index in [1.54, 1.807) is 18.2 Å². The summed E-state index contributed by atoms with van der Waals surface area (Å²) in [6.07, 6.45) is 3.25. The molecule has 0 aliphatic carbocycles. The van der Waals surface area contributed by atoms with Crippen molar-refractivity contribution in [2.24, 2.45) is 0 Å². The predicted molar refractivity (Wildman–Crippen MR) is 118 cm³/mol. The average molecular weight is 415 g/mol. The van der Waals surface area contributed by atoms with Crippen LogP contribution in [0.1, 0.15) is 51.6 Å². The lowest BCUT2D eigenvalue weighted by Gasteiger charge is -2.05. The minimum atomic E-state index is -0.715. The lowest BCUT2D eigenvalue weighted by Crippen LogP contribution is -2.09. The molecule has 0 saturated heterocycles. The Bertz CT molecular complexity index is 1130. The highest BCUT2D eigenvalue weighted by Crippen LogP contribution is 2.19. The number of hydrogen-bond acceptors (Lipinski definition) is 5. The van der Waals surface area contributed by atoms with Gasteiger partial charge in [-0.05, 0) is 53.5 Å². The molecule has 0 amide bonds. The molecule has 0 aliphatic rings. The molecule has 156 valence electrons. The van der Waals surface area contributed by atoms with Gasteiger partial charge in [0.15, 0.2) is 5.78 Å². The SMILES string of the molecule is CC(C)c1ccc(C=CC(=O)c2ccc(OC(=O)c3cccc([N+](=O)[O-])c3)cc2)cc1. The summed E-state index contributed by atoms with van der Waals surface area (Å²) >= 11 is 0. The summed E-state index contributed by atoms with van der Waals surface area (Å²) in [5, 5.41) is 10.8. The summed E-state index contributed by atoms with van der Waals surface area (Å²) in [6, 6.07) is 19.5. The molecule has 0 atom stereocenters. The third kappa shape index (κ3) is 5.73. The Morgan fingerprint density at radius 2 is 1.61 bits per heavy atom. The predicted octanol–water partition coefficient (Wildman–Crippen LogP) is 5.83. The molecule has 0 fully saturated rings. The molecule has 0 unspecified atom stereocenters. The number of nitro groups is 1. The van der Waals surface area contributed by atoms with E-state index in [9.17, 15) is 19.7 Å². The van der Waals surface area contributed by atoms with Crippen LogP contribution in [0.3, 0.4) is 0 Å². The van der Waals surface area contributed by atoms with Crippen molar-refractivity contribution in [3.05, 3.63) is 111 Å². The molecule has 3 rings (SSSR count). The highest BCUT2D eigenvalue weighted by Gasteiger charge is 2.13. The molecule has 31 heavy (non-hydrogen) atoms. The van der Waals surface area contributed by atoms with Crippen molar-refractivity contribution in [2.45, 2.75) is 19.8 Å². The van der Waals surface area contributed by atoms with Gasteiger partial charge in [-0.15, -0.1) is 0 Å². The normalized spacial score (nSPS) is 10.9. The van der Waals surface area contributed by atoms with E-state index in [0.29, 0.717) is 11.5 Å². The Balaban J connectivity index is 1.64. The summed E-state index contributed by atoms with van der Waals surface area (Å²) in [5.41, 5.74) is 2.49. The van der Waals surface area contributed by atoms with Crippen LogP contribution in [0.4, 0.5) is 5.69 Å². The number of allylic oxidation sites excluding steroid dienone is 1. The van der Waals surface area contributed by atoms with Crippen LogP contribution >= 0.6 is 0 Å². The zero-order chi connectivity index (χ0) is 22.4. The lowest BCUT2D eigenvalue weighted by atomic mass is 10.0. The van der Waals surface area contributed by atoms with Gasteiger partial charge < -0.3 is 4.74 Å². The standard InChI is InChI=1S/C25H21NO5/c1-17(2)19-9-6-18(7-10-19)8-15-24(27)20-11-13-23(14-12-20)31-25(28)21-4-3-5-22(16-21)26(29)30/h3-17H,1-2H3. The van der Waals surface area contributed by atoms with Gasteiger partial charge in [-0.1, -0.05) is 50.3 Å². The number of carbonyl (C=O) groups excluding carboxylic acids is 2. The summed E-state index contributed by atoms with van der Waals surface area (Å²) in [4.78, 5) is 34.9. The smallest absolute Gasteiger partial charge is 0.343 e. The third-order valence-electron chi connectivity index (χ3n) is 4.67. The van der Waals surface area contributed by atoms with Gasteiger partial charge in [0.2, 0.25) is 0 Å². The van der Waals surface area contributed by atoms with Crippen LogP contribution in [-0.4, -0.2) is 16.7 Å². The number of nitrogens with zero attached hydrogens (tertiary/aromatic N) is 1. The van der Waals surface area contributed by atoms with Gasteiger partial charge in [-0.25, -0.2) is 4.79 Å². The maximum Gasteiger partial charge on any atom is 0.343 e. The van der Waals surface area contributed by atoms with Crippen molar-refractivity contribution >= 4 is 23.5 Å². The van der Waals surface area contributed by atoms with Crippen molar-refractivity contribution in [1.29, 1.82) is 0 Å². The molecule has 0 bridgehead atoms. The number of benzene rings is 3. The summed E-state index contributed by atoms with van der Waals surface area (Å²) in [7, 11) is 0. The molecule has 0 heterocycles. The first-order valence-corrected chi connectivity index (χ1v) is 9.72. The molecule has 0 radical (unpaired) electrons. The second-order valence-electron chi connectivity index (χ2n) is 7.24. The van der Waals surface area contributed by atoms with Crippen LogP contribution < -0.4 is 4.74 Å². The van der Waals surface area contributed by atoms with Crippen LogP contribution in [0.25, 0.3) is 6.08 Å². The van der Waals surface area contributed by atoms with Crippen LogP contribution in [0, 0.1) is 10.1 Å². The van der Waals surface area contributed by atoms with Gasteiger partial charge >= 0.3 is 5.97 Å². The molecule has 6 heteroatoms. The first-order chi connectivity index (χ1) is 14.8. The fourth-order valence-electron chi connectivity index (χ4n) is 2.86.